The van der Waals surface area contributed by atoms with Crippen molar-refractivity contribution in [2.24, 2.45) is 0 Å². The summed E-state index contributed by atoms with van der Waals surface area (Å²) in [7, 11) is 0. The minimum atomic E-state index is -0.360. The number of rotatable bonds is 8. The van der Waals surface area contributed by atoms with Gasteiger partial charge in [-0.1, -0.05) is 37.5 Å². The van der Waals surface area contributed by atoms with Gasteiger partial charge in [0.2, 0.25) is 0 Å². The van der Waals surface area contributed by atoms with E-state index in [1.165, 1.54) is 37.5 Å². The summed E-state index contributed by atoms with van der Waals surface area (Å²) in [5.41, 5.74) is 0. The average Bonchev–Trinajstić information content (AvgIpc) is 3.20. The number of urea groups is 1. The molecule has 168 valence electrons. The van der Waals surface area contributed by atoms with E-state index in [9.17, 15) is 9.59 Å². The van der Waals surface area contributed by atoms with E-state index in [0.29, 0.717) is 17.3 Å². The van der Waals surface area contributed by atoms with Crippen molar-refractivity contribution in [2.45, 2.75) is 100 Å². The molecule has 0 unspecified atom stereocenters. The predicted octanol–water partition coefficient (Wildman–Crippen LogP) is 5.62. The number of hydrogen-bond acceptors (Lipinski definition) is 7. The summed E-state index contributed by atoms with van der Waals surface area (Å²) < 4.78 is 11.6. The number of nitrogens with zero attached hydrogens (tertiary/aromatic N) is 2. The molecule has 7 nitrogen and oxygen atoms in total. The van der Waals surface area contributed by atoms with Crippen molar-refractivity contribution in [3.05, 3.63) is 6.20 Å². The van der Waals surface area contributed by atoms with Crippen molar-refractivity contribution >= 4 is 40.5 Å². The SMILES string of the molecule is CCCO[C@H]1CC[C@H](N(C(=O)Nc2ncc(SOC(C)=O)s2)C2CCCCC2)CC1. The number of anilines is 1. The highest BCUT2D eigenvalue weighted by Gasteiger charge is 2.34. The van der Waals surface area contributed by atoms with Crippen molar-refractivity contribution in [1.29, 1.82) is 0 Å². The number of ether oxygens (including phenoxy) is 1. The third-order valence-corrected chi connectivity index (χ3v) is 7.49. The number of carbonyl (C=O) groups excluding carboxylic acids is 2. The lowest BCUT2D eigenvalue weighted by atomic mass is 9.88. The Labute approximate surface area is 187 Å². The normalized spacial score (nSPS) is 22.5. The Bertz CT molecular complexity index is 686. The third-order valence-electron chi connectivity index (χ3n) is 5.74. The van der Waals surface area contributed by atoms with Gasteiger partial charge in [-0.3, -0.25) is 10.1 Å². The fourth-order valence-electron chi connectivity index (χ4n) is 4.37. The van der Waals surface area contributed by atoms with Gasteiger partial charge in [-0.05, 0) is 44.9 Å². The monoisotopic (exact) mass is 455 g/mol. The summed E-state index contributed by atoms with van der Waals surface area (Å²) >= 11 is 2.29. The predicted molar refractivity (Wildman–Crippen MR) is 120 cm³/mol. The fraction of sp³-hybridized carbons (Fsp3) is 0.762. The molecule has 0 spiro atoms. The van der Waals surface area contributed by atoms with Gasteiger partial charge in [-0.25, -0.2) is 9.78 Å². The first-order valence-corrected chi connectivity index (χ1v) is 12.6. The van der Waals surface area contributed by atoms with E-state index in [1.807, 2.05) is 0 Å². The first-order chi connectivity index (χ1) is 14.6. The van der Waals surface area contributed by atoms with Crippen LogP contribution in [-0.2, 0) is 13.7 Å². The van der Waals surface area contributed by atoms with Gasteiger partial charge in [-0.2, -0.15) is 0 Å². The molecule has 0 radical (unpaired) electrons. The Hall–Kier alpha value is -1.32. The van der Waals surface area contributed by atoms with Crippen molar-refractivity contribution in [2.75, 3.05) is 11.9 Å². The van der Waals surface area contributed by atoms with Gasteiger partial charge < -0.3 is 13.8 Å². The number of hydrogen-bond donors (Lipinski definition) is 1. The second-order valence-electron chi connectivity index (χ2n) is 8.07. The van der Waals surface area contributed by atoms with E-state index in [2.05, 4.69) is 22.1 Å². The summed E-state index contributed by atoms with van der Waals surface area (Å²) in [6.45, 7) is 4.32. The van der Waals surface area contributed by atoms with Gasteiger partial charge in [0.1, 0.15) is 16.3 Å². The highest BCUT2D eigenvalue weighted by molar-refractivity contribution is 7.97. The van der Waals surface area contributed by atoms with Crippen LogP contribution in [0.15, 0.2) is 10.4 Å². The topological polar surface area (TPSA) is 80.8 Å². The van der Waals surface area contributed by atoms with Gasteiger partial charge in [0, 0.05) is 25.6 Å². The van der Waals surface area contributed by atoms with E-state index in [0.717, 1.165) is 67.8 Å². The zero-order valence-electron chi connectivity index (χ0n) is 17.9. The maximum Gasteiger partial charge on any atom is 0.324 e. The summed E-state index contributed by atoms with van der Waals surface area (Å²) in [5.74, 6) is -0.360. The van der Waals surface area contributed by atoms with Crippen molar-refractivity contribution < 1.29 is 18.5 Å². The molecule has 1 aromatic rings. The summed E-state index contributed by atoms with van der Waals surface area (Å²) in [4.78, 5) is 30.7. The van der Waals surface area contributed by atoms with Gasteiger partial charge in [0.15, 0.2) is 5.13 Å². The van der Waals surface area contributed by atoms with E-state index < -0.39 is 0 Å². The molecule has 9 heteroatoms. The molecule has 0 saturated heterocycles. The minimum absolute atomic E-state index is 0.0572. The standard InChI is InChI=1S/C21H33N3O4S2/c1-3-13-27-18-11-9-17(10-12-18)24(16-7-5-4-6-8-16)21(26)23-20-22-14-19(29-20)30-28-15(2)25/h14,16-18H,3-13H2,1-2H3,(H,22,23,26)/t17-,18-. The number of carbonyl (C=O) groups is 2. The van der Waals surface area contributed by atoms with Gasteiger partial charge in [0.05, 0.1) is 12.3 Å². The molecular formula is C21H33N3O4S2. The van der Waals surface area contributed by atoms with Crippen molar-refractivity contribution in [3.8, 4) is 0 Å². The quantitative estimate of drug-likeness (QED) is 0.513. The zero-order valence-corrected chi connectivity index (χ0v) is 19.6. The number of nitrogens with one attached hydrogen (secondary N) is 1. The van der Waals surface area contributed by atoms with Gasteiger partial charge >= 0.3 is 12.0 Å². The number of aromatic nitrogens is 1. The summed E-state index contributed by atoms with van der Waals surface area (Å²) in [6, 6.07) is 0.495. The second kappa shape index (κ2) is 11.9. The maximum absolute atomic E-state index is 13.3. The van der Waals surface area contributed by atoms with Gasteiger partial charge in [-0.15, -0.1) is 0 Å². The van der Waals surface area contributed by atoms with Crippen LogP contribution in [0.4, 0.5) is 9.93 Å². The highest BCUT2D eigenvalue weighted by Crippen LogP contribution is 2.33. The van der Waals surface area contributed by atoms with Crippen LogP contribution in [-0.4, -0.2) is 46.7 Å². The molecular weight excluding hydrogens is 422 g/mol. The van der Waals surface area contributed by atoms with Crippen LogP contribution < -0.4 is 5.32 Å². The maximum atomic E-state index is 13.3. The Balaban J connectivity index is 1.62. The molecule has 0 bridgehead atoms. The largest absolute Gasteiger partial charge is 0.385 e. The van der Waals surface area contributed by atoms with E-state index in [1.54, 1.807) is 6.20 Å². The van der Waals surface area contributed by atoms with Crippen LogP contribution in [0.5, 0.6) is 0 Å². The third kappa shape index (κ3) is 6.85. The number of amides is 2. The van der Waals surface area contributed by atoms with Gasteiger partial charge in [0.25, 0.3) is 0 Å². The Kier molecular flexibility index (Phi) is 9.27. The molecule has 2 saturated carbocycles. The van der Waals surface area contributed by atoms with E-state index in [4.69, 9.17) is 8.92 Å². The average molecular weight is 456 g/mol. The molecule has 0 aromatic carbocycles. The van der Waals surface area contributed by atoms with Crippen LogP contribution >= 0.6 is 23.4 Å². The minimum Gasteiger partial charge on any atom is -0.385 e. The molecule has 30 heavy (non-hydrogen) atoms. The van der Waals surface area contributed by atoms with Crippen LogP contribution in [0.1, 0.15) is 78.1 Å². The van der Waals surface area contributed by atoms with Crippen LogP contribution in [0.3, 0.4) is 0 Å². The first-order valence-electron chi connectivity index (χ1n) is 11.1. The highest BCUT2D eigenvalue weighted by atomic mass is 32.2. The van der Waals surface area contributed by atoms with Crippen molar-refractivity contribution in [1.82, 2.24) is 9.88 Å². The molecule has 1 aromatic heterocycles. The Morgan fingerprint density at radius 2 is 1.87 bits per heavy atom. The molecule has 2 aliphatic rings. The second-order valence-corrected chi connectivity index (χ2v) is 10.1. The summed E-state index contributed by atoms with van der Waals surface area (Å²) in [6.07, 6.45) is 12.8. The smallest absolute Gasteiger partial charge is 0.324 e. The van der Waals surface area contributed by atoms with Crippen molar-refractivity contribution in [3.63, 3.8) is 0 Å². The molecule has 0 atom stereocenters. The fourth-order valence-corrected chi connectivity index (χ4v) is 5.68. The Morgan fingerprint density at radius 3 is 2.53 bits per heavy atom. The molecule has 3 rings (SSSR count). The molecule has 1 heterocycles. The molecule has 2 fully saturated rings. The lowest BCUT2D eigenvalue weighted by molar-refractivity contribution is -0.130. The molecule has 0 aliphatic heterocycles. The zero-order chi connectivity index (χ0) is 21.3. The summed E-state index contributed by atoms with van der Waals surface area (Å²) in [5, 5.41) is 3.54. The van der Waals surface area contributed by atoms with Crippen LogP contribution in [0, 0.1) is 0 Å². The lowest BCUT2D eigenvalue weighted by Gasteiger charge is -2.42. The molecule has 1 N–H and O–H groups in total. The van der Waals surface area contributed by atoms with E-state index >= 15 is 0 Å². The molecule has 2 aliphatic carbocycles. The number of thiazole rings is 1. The van der Waals surface area contributed by atoms with Crippen LogP contribution in [0.25, 0.3) is 0 Å². The first kappa shape index (κ1) is 23.3. The molecule has 2 amide bonds. The Morgan fingerprint density at radius 1 is 1.17 bits per heavy atom. The van der Waals surface area contributed by atoms with E-state index in [-0.39, 0.29) is 18.0 Å². The van der Waals surface area contributed by atoms with Crippen LogP contribution in [0.2, 0.25) is 0 Å². The lowest BCUT2D eigenvalue weighted by Crippen LogP contribution is -2.51.